The predicted molar refractivity (Wildman–Crippen MR) is 193 cm³/mol. The van der Waals surface area contributed by atoms with E-state index >= 15 is 13.2 Å². The number of ketones is 1. The number of rotatable bonds is 9. The van der Waals surface area contributed by atoms with Gasteiger partial charge in [0, 0.05) is 34.7 Å². The van der Waals surface area contributed by atoms with Crippen LogP contribution in [0.4, 0.5) is 28.0 Å². The molecule has 3 atom stereocenters. The average molecular weight is 759 g/mol. The molecule has 4 aromatic rings. The molecule has 2 aromatic carbocycles. The number of amides is 1. The fourth-order valence-electron chi connectivity index (χ4n) is 5.98. The molecule has 2 N–H and O–H groups in total. The number of hydrogen-bond acceptors (Lipinski definition) is 8. The summed E-state index contributed by atoms with van der Waals surface area (Å²) in [6.45, 7) is 11.3. The van der Waals surface area contributed by atoms with Crippen LogP contribution in [0.1, 0.15) is 82.9 Å². The largest absolute Gasteiger partial charge is 0.494 e. The van der Waals surface area contributed by atoms with Crippen LogP contribution >= 0.6 is 0 Å². The minimum absolute atomic E-state index is 0.0213. The molecule has 0 fully saturated rings. The van der Waals surface area contributed by atoms with Gasteiger partial charge in [-0.05, 0) is 103 Å². The van der Waals surface area contributed by atoms with Crippen molar-refractivity contribution in [1.29, 1.82) is 0 Å². The highest BCUT2D eigenvalue weighted by Gasteiger charge is 2.57. The summed E-state index contributed by atoms with van der Waals surface area (Å²) in [5.74, 6) is -1.10. The van der Waals surface area contributed by atoms with Crippen LogP contribution in [0.25, 0.3) is 22.2 Å². The Bertz CT molecular complexity index is 2080. The van der Waals surface area contributed by atoms with E-state index in [4.69, 9.17) is 9.47 Å². The molecule has 5 rings (SSSR count). The van der Waals surface area contributed by atoms with Crippen LogP contribution in [0, 0.1) is 5.82 Å². The first kappa shape index (κ1) is 39.7. The number of hydrogen-bond donors (Lipinski definition) is 2. The molecule has 15 heteroatoms. The molecule has 0 radical (unpaired) electrons. The first-order valence-electron chi connectivity index (χ1n) is 16.7. The summed E-state index contributed by atoms with van der Waals surface area (Å²) in [5.41, 5.74) is -6.53. The Morgan fingerprint density at radius 2 is 1.70 bits per heavy atom. The van der Waals surface area contributed by atoms with Gasteiger partial charge in [0.25, 0.3) is 0 Å². The number of halogens is 4. The molecular weight excluding hydrogens is 716 g/mol. The number of ether oxygens (including phenoxy) is 2. The molecule has 2 aromatic heterocycles. The number of pyridine rings is 2. The number of Topliss-reactive ketones (excluding diaryl/α,β-unsaturated/α-hetero) is 1. The maximum Gasteiger partial charge on any atom is 0.422 e. The molecule has 1 aliphatic heterocycles. The highest BCUT2D eigenvalue weighted by molar-refractivity contribution is 7.84. The van der Waals surface area contributed by atoms with Crippen molar-refractivity contribution in [2.24, 2.45) is 0 Å². The second-order valence-electron chi connectivity index (χ2n) is 15.2. The highest BCUT2D eigenvalue weighted by atomic mass is 32.2. The maximum absolute atomic E-state index is 15.2. The quantitative estimate of drug-likeness (QED) is 0.130. The monoisotopic (exact) mass is 758 g/mol. The van der Waals surface area contributed by atoms with Crippen LogP contribution in [0.15, 0.2) is 60.8 Å². The Hall–Kier alpha value is -4.47. The summed E-state index contributed by atoms with van der Waals surface area (Å²) in [4.78, 5) is 37.0. The maximum atomic E-state index is 15.2. The van der Waals surface area contributed by atoms with Crippen molar-refractivity contribution >= 4 is 39.5 Å². The van der Waals surface area contributed by atoms with E-state index in [1.807, 2.05) is 0 Å². The van der Waals surface area contributed by atoms with Crippen molar-refractivity contribution in [3.63, 3.8) is 0 Å². The van der Waals surface area contributed by atoms with E-state index in [0.717, 1.165) is 18.2 Å². The molecule has 0 bridgehead atoms. The van der Waals surface area contributed by atoms with E-state index in [-0.39, 0.29) is 40.4 Å². The summed E-state index contributed by atoms with van der Waals surface area (Å²) in [5, 5.41) is 12.3. The van der Waals surface area contributed by atoms with Gasteiger partial charge in [-0.25, -0.2) is 23.1 Å². The zero-order valence-corrected chi connectivity index (χ0v) is 31.5. The van der Waals surface area contributed by atoms with E-state index in [9.17, 15) is 23.3 Å². The fraction of sp³-hybridized carbons (Fsp3) is 0.421. The zero-order chi connectivity index (χ0) is 39.3. The molecule has 3 heterocycles. The lowest BCUT2D eigenvalue weighted by Gasteiger charge is -2.33. The van der Waals surface area contributed by atoms with E-state index in [0.29, 0.717) is 10.9 Å². The number of aromatic nitrogens is 2. The molecule has 0 spiro atoms. The summed E-state index contributed by atoms with van der Waals surface area (Å²) in [7, 11) is -0.430. The van der Waals surface area contributed by atoms with Gasteiger partial charge in [0.15, 0.2) is 5.78 Å². The SMILES string of the molecule is COc1cc(C(=O)CC[C@@](O)(c2cc3c(c(-c4ccc(F)cc4)n2)N(C(=O)OC(C)(C)C)C[C@@]3(C)NS(=O)C(C)(C)C)C(F)(F)F)cc2cccnc12. The molecule has 0 saturated heterocycles. The minimum Gasteiger partial charge on any atom is -0.494 e. The van der Waals surface area contributed by atoms with Crippen molar-refractivity contribution in [1.82, 2.24) is 14.7 Å². The van der Waals surface area contributed by atoms with Crippen molar-refractivity contribution in [3.05, 3.63) is 83.4 Å². The number of benzene rings is 2. The Balaban J connectivity index is 1.69. The third kappa shape index (κ3) is 8.06. The molecule has 284 valence electrons. The second kappa shape index (κ2) is 14.1. The lowest BCUT2D eigenvalue weighted by Crippen LogP contribution is -2.50. The van der Waals surface area contributed by atoms with Gasteiger partial charge in [-0.3, -0.25) is 14.7 Å². The lowest BCUT2D eigenvalue weighted by molar-refractivity contribution is -0.270. The Morgan fingerprint density at radius 1 is 1.04 bits per heavy atom. The first-order chi connectivity index (χ1) is 24.5. The molecule has 0 aliphatic carbocycles. The number of methoxy groups -OCH3 is 1. The van der Waals surface area contributed by atoms with Crippen molar-refractivity contribution in [2.45, 2.75) is 89.0 Å². The number of alkyl halides is 3. The Labute approximate surface area is 307 Å². The third-order valence-electron chi connectivity index (χ3n) is 8.76. The van der Waals surface area contributed by atoms with Gasteiger partial charge in [-0.15, -0.1) is 0 Å². The van der Waals surface area contributed by atoms with Gasteiger partial charge < -0.3 is 14.6 Å². The summed E-state index contributed by atoms with van der Waals surface area (Å²) < 4.78 is 86.6. The predicted octanol–water partition coefficient (Wildman–Crippen LogP) is 7.88. The molecule has 1 aliphatic rings. The first-order valence-corrected chi connectivity index (χ1v) is 17.9. The second-order valence-corrected chi connectivity index (χ2v) is 17.1. The van der Waals surface area contributed by atoms with Gasteiger partial charge in [0.2, 0.25) is 5.60 Å². The molecular formula is C38H42F4N4O6S. The van der Waals surface area contributed by atoms with Crippen molar-refractivity contribution in [3.8, 4) is 17.0 Å². The summed E-state index contributed by atoms with van der Waals surface area (Å²) in [6, 6.07) is 11.9. The van der Waals surface area contributed by atoms with Gasteiger partial charge in [0.05, 0.1) is 52.0 Å². The van der Waals surface area contributed by atoms with E-state index in [1.165, 1.54) is 42.5 Å². The van der Waals surface area contributed by atoms with E-state index in [2.05, 4.69) is 14.7 Å². The van der Waals surface area contributed by atoms with E-state index in [1.54, 1.807) is 60.6 Å². The van der Waals surface area contributed by atoms with Crippen LogP contribution in [0.2, 0.25) is 0 Å². The number of fused-ring (bicyclic) bond motifs is 2. The van der Waals surface area contributed by atoms with Crippen LogP contribution in [0.5, 0.6) is 5.75 Å². The molecule has 1 amide bonds. The number of aliphatic hydroxyl groups is 1. The fourth-order valence-corrected chi connectivity index (χ4v) is 6.87. The van der Waals surface area contributed by atoms with Crippen LogP contribution in [-0.4, -0.2) is 61.3 Å². The van der Waals surface area contributed by atoms with Crippen LogP contribution in [0.3, 0.4) is 0 Å². The van der Waals surface area contributed by atoms with E-state index < -0.39 is 74.9 Å². The zero-order valence-electron chi connectivity index (χ0n) is 30.6. The minimum atomic E-state index is -5.36. The number of carbonyl (C=O) groups is 2. The normalized spacial score (nSPS) is 18.0. The third-order valence-corrected chi connectivity index (χ3v) is 10.5. The van der Waals surface area contributed by atoms with Gasteiger partial charge in [-0.1, -0.05) is 6.07 Å². The summed E-state index contributed by atoms with van der Waals surface area (Å²) in [6.07, 6.45) is -6.58. The van der Waals surface area contributed by atoms with Crippen LogP contribution in [-0.2, 0) is 26.9 Å². The lowest BCUT2D eigenvalue weighted by atomic mass is 9.86. The highest BCUT2D eigenvalue weighted by Crippen LogP contribution is 2.50. The Kier molecular flexibility index (Phi) is 10.5. The average Bonchev–Trinajstić information content (AvgIpc) is 3.36. The molecule has 0 saturated carbocycles. The number of nitrogens with one attached hydrogen (secondary N) is 1. The Morgan fingerprint density at radius 3 is 2.28 bits per heavy atom. The topological polar surface area (TPSA) is 131 Å². The number of anilines is 1. The van der Waals surface area contributed by atoms with Gasteiger partial charge >= 0.3 is 12.3 Å². The molecule has 1 unspecified atom stereocenters. The summed E-state index contributed by atoms with van der Waals surface area (Å²) >= 11 is 0. The number of nitrogens with zero attached hydrogens (tertiary/aromatic N) is 3. The molecule has 53 heavy (non-hydrogen) atoms. The van der Waals surface area contributed by atoms with Crippen LogP contribution < -0.4 is 14.4 Å². The number of carbonyl (C=O) groups excluding carboxylic acids is 2. The molecule has 10 nitrogen and oxygen atoms in total. The van der Waals surface area contributed by atoms with Crippen molar-refractivity contribution < 1.29 is 45.9 Å². The standard InChI is InChI=1S/C38H42F4N4O6S/c1-34(2,3)52-33(48)46-21-36(7,45-53(50)35(4,5)6)26-20-29(44-31(32(26)46)22-11-13-25(39)14-12-22)37(49,38(40,41)42)16-15-27(47)24-18-23-10-9-17-43-30(23)28(19-24)51-8/h9-14,17-20,45,49H,15-16,21H2,1-8H3/t36-,37-,53?/m1/s1. The smallest absolute Gasteiger partial charge is 0.422 e. The van der Waals surface area contributed by atoms with Gasteiger partial charge in [-0.2, -0.15) is 13.2 Å². The van der Waals surface area contributed by atoms with Gasteiger partial charge in [0.1, 0.15) is 22.7 Å². The van der Waals surface area contributed by atoms with Crippen molar-refractivity contribution in [2.75, 3.05) is 18.6 Å².